The first-order chi connectivity index (χ1) is 13.4. The van der Waals surface area contributed by atoms with Gasteiger partial charge in [-0.25, -0.2) is 14.2 Å². The van der Waals surface area contributed by atoms with Crippen molar-refractivity contribution < 1.29 is 18.7 Å². The van der Waals surface area contributed by atoms with Crippen LogP contribution >= 0.6 is 11.3 Å². The lowest BCUT2D eigenvalue weighted by molar-refractivity contribution is 0.0531. The van der Waals surface area contributed by atoms with Gasteiger partial charge in [-0.3, -0.25) is 4.99 Å². The van der Waals surface area contributed by atoms with Crippen molar-refractivity contribution in [2.75, 3.05) is 26.8 Å². The molecule has 0 fully saturated rings. The lowest BCUT2D eigenvalue weighted by Crippen LogP contribution is -2.40. The number of hydrogen-bond acceptors (Lipinski definition) is 6. The largest absolute Gasteiger partial charge is 0.492 e. The van der Waals surface area contributed by atoms with Crippen molar-refractivity contribution in [2.24, 2.45) is 4.99 Å². The number of guanidine groups is 1. The van der Waals surface area contributed by atoms with E-state index in [1.807, 2.05) is 6.92 Å². The first-order valence-corrected chi connectivity index (χ1v) is 9.76. The quantitative estimate of drug-likeness (QED) is 0.302. The molecule has 2 N–H and O–H groups in total. The molecule has 0 saturated heterocycles. The van der Waals surface area contributed by atoms with Crippen molar-refractivity contribution in [1.82, 2.24) is 15.6 Å². The van der Waals surface area contributed by atoms with Crippen molar-refractivity contribution >= 4 is 23.3 Å². The molecule has 1 aromatic carbocycles. The lowest BCUT2D eigenvalue weighted by Gasteiger charge is -2.16. The van der Waals surface area contributed by atoms with E-state index in [4.69, 9.17) is 9.47 Å². The minimum Gasteiger partial charge on any atom is -0.492 e. The van der Waals surface area contributed by atoms with E-state index in [-0.39, 0.29) is 17.8 Å². The van der Waals surface area contributed by atoms with Crippen molar-refractivity contribution in [3.63, 3.8) is 0 Å². The lowest BCUT2D eigenvalue weighted by atomic mass is 10.3. The van der Waals surface area contributed by atoms with Crippen LogP contribution in [0.3, 0.4) is 0 Å². The normalized spacial score (nSPS) is 12.4. The molecule has 0 spiro atoms. The Hall–Kier alpha value is -2.68. The van der Waals surface area contributed by atoms with Gasteiger partial charge in [0, 0.05) is 13.1 Å². The number of nitrogens with zero attached hydrogens (tertiary/aromatic N) is 2. The summed E-state index contributed by atoms with van der Waals surface area (Å²) in [5.74, 6) is 0.356. The highest BCUT2D eigenvalue weighted by Crippen LogP contribution is 2.24. The summed E-state index contributed by atoms with van der Waals surface area (Å²) in [5, 5.41) is 7.11. The summed E-state index contributed by atoms with van der Waals surface area (Å²) < 4.78 is 23.7. The SMILES string of the molecule is CCOC(=O)c1sc(C(C)NC(=NC)NCCOc2cccc(F)c2)nc1C. The van der Waals surface area contributed by atoms with Crippen molar-refractivity contribution in [3.8, 4) is 5.75 Å². The highest BCUT2D eigenvalue weighted by atomic mass is 32.1. The molecular weight excluding hydrogens is 383 g/mol. The Morgan fingerprint density at radius 1 is 1.43 bits per heavy atom. The summed E-state index contributed by atoms with van der Waals surface area (Å²) in [6, 6.07) is 5.85. The van der Waals surface area contributed by atoms with Crippen LogP contribution in [0.4, 0.5) is 4.39 Å². The maximum atomic E-state index is 13.1. The summed E-state index contributed by atoms with van der Waals surface area (Å²) in [6.07, 6.45) is 0. The Bertz CT molecular complexity index is 825. The number of benzene rings is 1. The number of hydrogen-bond donors (Lipinski definition) is 2. The molecule has 28 heavy (non-hydrogen) atoms. The highest BCUT2D eigenvalue weighted by molar-refractivity contribution is 7.13. The van der Waals surface area contributed by atoms with Crippen molar-refractivity contribution in [1.29, 1.82) is 0 Å². The smallest absolute Gasteiger partial charge is 0.350 e. The van der Waals surface area contributed by atoms with E-state index in [9.17, 15) is 9.18 Å². The fourth-order valence-electron chi connectivity index (χ4n) is 2.35. The molecule has 2 rings (SSSR count). The number of aromatic nitrogens is 1. The summed E-state index contributed by atoms with van der Waals surface area (Å²) in [4.78, 5) is 21.1. The highest BCUT2D eigenvalue weighted by Gasteiger charge is 2.20. The van der Waals surface area contributed by atoms with Gasteiger partial charge in [0.1, 0.15) is 28.1 Å². The van der Waals surface area contributed by atoms with Gasteiger partial charge in [-0.2, -0.15) is 0 Å². The molecule has 9 heteroatoms. The maximum absolute atomic E-state index is 13.1. The third-order valence-corrected chi connectivity index (χ3v) is 5.00. The molecule has 0 amide bonds. The standard InChI is InChI=1S/C19H25FN4O3S/c1-5-26-18(25)16-12(2)23-17(28-16)13(3)24-19(21-4)22-9-10-27-15-8-6-7-14(20)11-15/h6-8,11,13H,5,9-10H2,1-4H3,(H2,21,22,24). The van der Waals surface area contributed by atoms with E-state index in [2.05, 4.69) is 20.6 Å². The molecule has 0 aliphatic rings. The molecule has 7 nitrogen and oxygen atoms in total. The van der Waals surface area contributed by atoms with Gasteiger partial charge in [0.25, 0.3) is 0 Å². The number of carbonyl (C=O) groups is 1. The van der Waals surface area contributed by atoms with Gasteiger partial charge in [0.15, 0.2) is 5.96 Å². The molecule has 0 radical (unpaired) electrons. The van der Waals surface area contributed by atoms with Gasteiger partial charge in [0.2, 0.25) is 0 Å². The number of aryl methyl sites for hydroxylation is 1. The molecule has 152 valence electrons. The Morgan fingerprint density at radius 3 is 2.89 bits per heavy atom. The molecule has 1 atom stereocenters. The van der Waals surface area contributed by atoms with Gasteiger partial charge >= 0.3 is 5.97 Å². The monoisotopic (exact) mass is 408 g/mol. The Labute approximate surface area is 168 Å². The summed E-state index contributed by atoms with van der Waals surface area (Å²) >= 11 is 1.30. The average Bonchev–Trinajstić information content (AvgIpc) is 3.06. The number of rotatable bonds is 8. The predicted octanol–water partition coefficient (Wildman–Crippen LogP) is 3.07. The molecule has 0 bridgehead atoms. The van der Waals surface area contributed by atoms with Crippen LogP contribution in [0.5, 0.6) is 5.75 Å². The van der Waals surface area contributed by atoms with Gasteiger partial charge < -0.3 is 20.1 Å². The number of aliphatic imine (C=N–C) groups is 1. The van der Waals surface area contributed by atoms with Crippen LogP contribution in [-0.4, -0.2) is 43.7 Å². The summed E-state index contributed by atoms with van der Waals surface area (Å²) in [6.45, 7) is 6.65. The third kappa shape index (κ3) is 6.19. The Morgan fingerprint density at radius 2 is 2.21 bits per heavy atom. The minimum atomic E-state index is -0.354. The number of nitrogens with one attached hydrogen (secondary N) is 2. The Balaban J connectivity index is 1.85. The number of ether oxygens (including phenoxy) is 2. The second kappa shape index (κ2) is 10.6. The van der Waals surface area contributed by atoms with E-state index >= 15 is 0 Å². The predicted molar refractivity (Wildman–Crippen MR) is 108 cm³/mol. The zero-order chi connectivity index (χ0) is 20.5. The number of halogens is 1. The van der Waals surface area contributed by atoms with Crippen LogP contribution in [0, 0.1) is 12.7 Å². The Kier molecular flexibility index (Phi) is 8.19. The second-order valence-corrected chi connectivity index (χ2v) is 6.89. The van der Waals surface area contributed by atoms with Crippen molar-refractivity contribution in [2.45, 2.75) is 26.8 Å². The van der Waals surface area contributed by atoms with E-state index in [0.717, 1.165) is 5.01 Å². The van der Waals surface area contributed by atoms with Gasteiger partial charge in [0.05, 0.1) is 24.9 Å². The van der Waals surface area contributed by atoms with Crippen LogP contribution in [0.15, 0.2) is 29.3 Å². The zero-order valence-corrected chi connectivity index (χ0v) is 17.2. The van der Waals surface area contributed by atoms with Gasteiger partial charge in [-0.05, 0) is 32.9 Å². The molecule has 1 heterocycles. The van der Waals surface area contributed by atoms with E-state index in [1.165, 1.54) is 23.5 Å². The fraction of sp³-hybridized carbons (Fsp3) is 0.421. The molecule has 1 aromatic heterocycles. The average molecular weight is 408 g/mol. The van der Waals surface area contributed by atoms with Crippen LogP contribution in [0.1, 0.15) is 40.3 Å². The van der Waals surface area contributed by atoms with Crippen LogP contribution in [0.2, 0.25) is 0 Å². The molecule has 0 aliphatic carbocycles. The van der Waals surface area contributed by atoms with E-state index in [1.54, 1.807) is 33.0 Å². The minimum absolute atomic E-state index is 0.151. The number of esters is 1. The number of carbonyl (C=O) groups excluding carboxylic acids is 1. The third-order valence-electron chi connectivity index (χ3n) is 3.68. The summed E-state index contributed by atoms with van der Waals surface area (Å²) in [5.41, 5.74) is 0.651. The first kappa shape index (κ1) is 21.6. The molecule has 1 unspecified atom stereocenters. The van der Waals surface area contributed by atoms with Gasteiger partial charge in [-0.15, -0.1) is 11.3 Å². The first-order valence-electron chi connectivity index (χ1n) is 8.94. The molecule has 0 aliphatic heterocycles. The second-order valence-electron chi connectivity index (χ2n) is 5.86. The fourth-order valence-corrected chi connectivity index (χ4v) is 3.31. The zero-order valence-electron chi connectivity index (χ0n) is 16.4. The maximum Gasteiger partial charge on any atom is 0.350 e. The molecule has 2 aromatic rings. The molecule has 0 saturated carbocycles. The van der Waals surface area contributed by atoms with Crippen LogP contribution in [0.25, 0.3) is 0 Å². The van der Waals surface area contributed by atoms with Crippen molar-refractivity contribution in [3.05, 3.63) is 45.7 Å². The van der Waals surface area contributed by atoms with Crippen LogP contribution < -0.4 is 15.4 Å². The topological polar surface area (TPSA) is 84.8 Å². The van der Waals surface area contributed by atoms with E-state index in [0.29, 0.717) is 42.0 Å². The van der Waals surface area contributed by atoms with E-state index < -0.39 is 0 Å². The van der Waals surface area contributed by atoms with Crippen LogP contribution in [-0.2, 0) is 4.74 Å². The number of thiazole rings is 1. The molecular formula is C19H25FN4O3S. The summed E-state index contributed by atoms with van der Waals surface area (Å²) in [7, 11) is 1.66. The van der Waals surface area contributed by atoms with Gasteiger partial charge in [-0.1, -0.05) is 6.07 Å².